The monoisotopic (exact) mass is 395 g/mol. The maximum absolute atomic E-state index is 12.5. The van der Waals surface area contributed by atoms with Crippen LogP contribution in [0.4, 0.5) is 17.3 Å². The van der Waals surface area contributed by atoms with Crippen LogP contribution in [-0.4, -0.2) is 25.7 Å². The zero-order valence-electron chi connectivity index (χ0n) is 15.2. The molecule has 142 valence electrons. The Balaban J connectivity index is 1.74. The Hall–Kier alpha value is -3.64. The van der Waals surface area contributed by atoms with E-state index in [9.17, 15) is 8.42 Å². The van der Waals surface area contributed by atoms with Gasteiger partial charge in [-0.05, 0) is 61.0 Å². The number of aromatic nitrogens is 2. The first-order valence-electron chi connectivity index (χ1n) is 8.19. The third kappa shape index (κ3) is 4.36. The number of nitrogens with one attached hydrogen (secondary N) is 2. The molecule has 0 bridgehead atoms. The molecule has 2 aromatic carbocycles. The fourth-order valence-corrected chi connectivity index (χ4v) is 3.56. The number of aryl methyl sites for hydroxylation is 1. The molecule has 0 aliphatic rings. The minimum Gasteiger partial charge on any atom is -0.496 e. The van der Waals surface area contributed by atoms with Gasteiger partial charge in [-0.2, -0.15) is 5.26 Å². The number of benzene rings is 2. The van der Waals surface area contributed by atoms with E-state index in [-0.39, 0.29) is 10.7 Å². The number of hydrogen-bond donors (Lipinski definition) is 2. The van der Waals surface area contributed by atoms with E-state index < -0.39 is 10.0 Å². The molecule has 0 aliphatic heterocycles. The highest BCUT2D eigenvalue weighted by Crippen LogP contribution is 2.23. The van der Waals surface area contributed by atoms with E-state index in [0.29, 0.717) is 28.4 Å². The van der Waals surface area contributed by atoms with Gasteiger partial charge in [0, 0.05) is 5.69 Å². The molecule has 1 heterocycles. The van der Waals surface area contributed by atoms with Crippen LogP contribution in [0.25, 0.3) is 0 Å². The summed E-state index contributed by atoms with van der Waals surface area (Å²) >= 11 is 0. The summed E-state index contributed by atoms with van der Waals surface area (Å²) in [6.07, 6.45) is 0. The molecule has 9 heteroatoms. The molecule has 0 amide bonds. The van der Waals surface area contributed by atoms with Gasteiger partial charge in [0.05, 0.1) is 23.6 Å². The third-order valence-electron chi connectivity index (χ3n) is 3.84. The predicted molar refractivity (Wildman–Crippen MR) is 105 cm³/mol. The Morgan fingerprint density at radius 2 is 1.79 bits per heavy atom. The van der Waals surface area contributed by atoms with Crippen LogP contribution >= 0.6 is 0 Å². The van der Waals surface area contributed by atoms with Crippen LogP contribution in [0.2, 0.25) is 0 Å². The average Bonchev–Trinajstić information content (AvgIpc) is 2.69. The van der Waals surface area contributed by atoms with Gasteiger partial charge >= 0.3 is 0 Å². The van der Waals surface area contributed by atoms with Gasteiger partial charge in [0.1, 0.15) is 5.75 Å². The second-order valence-corrected chi connectivity index (χ2v) is 7.54. The minimum absolute atomic E-state index is 0.0878. The van der Waals surface area contributed by atoms with Crippen molar-refractivity contribution in [3.8, 4) is 11.8 Å². The Morgan fingerprint density at radius 3 is 2.43 bits per heavy atom. The van der Waals surface area contributed by atoms with Gasteiger partial charge in [0.25, 0.3) is 10.0 Å². The van der Waals surface area contributed by atoms with Crippen molar-refractivity contribution in [2.75, 3.05) is 17.1 Å². The molecule has 28 heavy (non-hydrogen) atoms. The molecule has 3 rings (SSSR count). The number of nitriles is 1. The number of nitrogens with zero attached hydrogens (tertiary/aromatic N) is 3. The van der Waals surface area contributed by atoms with Crippen LogP contribution in [0, 0.1) is 18.3 Å². The van der Waals surface area contributed by atoms with E-state index >= 15 is 0 Å². The molecule has 3 aromatic rings. The molecule has 0 radical (unpaired) electrons. The normalized spacial score (nSPS) is 10.8. The van der Waals surface area contributed by atoms with E-state index in [0.717, 1.165) is 0 Å². The minimum atomic E-state index is -3.81. The number of methoxy groups -OCH3 is 1. The van der Waals surface area contributed by atoms with E-state index in [1.165, 1.54) is 25.3 Å². The van der Waals surface area contributed by atoms with E-state index in [1.807, 2.05) is 0 Å². The molecule has 0 saturated heterocycles. The van der Waals surface area contributed by atoms with E-state index in [4.69, 9.17) is 10.00 Å². The quantitative estimate of drug-likeness (QED) is 0.658. The second-order valence-electron chi connectivity index (χ2n) is 5.86. The van der Waals surface area contributed by atoms with Gasteiger partial charge in [0.2, 0.25) is 0 Å². The number of rotatable bonds is 6. The molecule has 0 aliphatic carbocycles. The zero-order valence-corrected chi connectivity index (χ0v) is 16.0. The lowest BCUT2D eigenvalue weighted by Gasteiger charge is -2.10. The first kappa shape index (κ1) is 19.1. The summed E-state index contributed by atoms with van der Waals surface area (Å²) in [5, 5.41) is 19.8. The molecular weight excluding hydrogens is 378 g/mol. The Morgan fingerprint density at radius 1 is 1.04 bits per heavy atom. The van der Waals surface area contributed by atoms with Crippen molar-refractivity contribution in [2.45, 2.75) is 11.8 Å². The maximum Gasteiger partial charge on any atom is 0.263 e. The first-order chi connectivity index (χ1) is 13.4. The van der Waals surface area contributed by atoms with Crippen LogP contribution < -0.4 is 14.8 Å². The van der Waals surface area contributed by atoms with Crippen molar-refractivity contribution in [3.63, 3.8) is 0 Å². The number of hydrogen-bond acceptors (Lipinski definition) is 7. The third-order valence-corrected chi connectivity index (χ3v) is 5.20. The molecule has 8 nitrogen and oxygen atoms in total. The van der Waals surface area contributed by atoms with Gasteiger partial charge in [0.15, 0.2) is 11.6 Å². The molecule has 1 aromatic heterocycles. The van der Waals surface area contributed by atoms with Gasteiger partial charge in [-0.1, -0.05) is 6.07 Å². The van der Waals surface area contributed by atoms with Gasteiger partial charge in [-0.25, -0.2) is 8.42 Å². The summed E-state index contributed by atoms with van der Waals surface area (Å²) in [5.41, 5.74) is 1.89. The highest BCUT2D eigenvalue weighted by molar-refractivity contribution is 7.92. The first-order valence-corrected chi connectivity index (χ1v) is 9.68. The average molecular weight is 395 g/mol. The number of sulfonamides is 1. The SMILES string of the molecule is COc1ccc(S(=O)(=O)Nc2ccc(Nc3cccc(C#N)c3)nn2)cc1C. The van der Waals surface area contributed by atoms with E-state index in [1.54, 1.807) is 43.3 Å². The molecule has 0 saturated carbocycles. The molecule has 0 spiro atoms. The van der Waals surface area contributed by atoms with E-state index in [2.05, 4.69) is 26.3 Å². The van der Waals surface area contributed by atoms with Crippen LogP contribution in [0.15, 0.2) is 59.5 Å². The summed E-state index contributed by atoms with van der Waals surface area (Å²) in [6, 6.07) is 16.6. The summed E-state index contributed by atoms with van der Waals surface area (Å²) in [5.74, 6) is 1.11. The summed E-state index contributed by atoms with van der Waals surface area (Å²) < 4.78 is 32.6. The van der Waals surface area contributed by atoms with Crippen molar-refractivity contribution in [1.29, 1.82) is 5.26 Å². The number of ether oxygens (including phenoxy) is 1. The lowest BCUT2D eigenvalue weighted by atomic mass is 10.2. The van der Waals surface area contributed by atoms with Gasteiger partial charge in [-0.15, -0.1) is 10.2 Å². The van der Waals surface area contributed by atoms with Gasteiger partial charge < -0.3 is 10.1 Å². The highest BCUT2D eigenvalue weighted by Gasteiger charge is 2.16. The van der Waals surface area contributed by atoms with Crippen molar-refractivity contribution in [1.82, 2.24) is 10.2 Å². The lowest BCUT2D eigenvalue weighted by molar-refractivity contribution is 0.411. The topological polar surface area (TPSA) is 117 Å². The maximum atomic E-state index is 12.5. The standard InChI is InChI=1S/C19H17N5O3S/c1-13-10-16(6-7-17(13)27-2)28(25,26)24-19-9-8-18(22-23-19)21-15-5-3-4-14(11-15)12-20/h3-11H,1-2H3,(H,21,22)(H,23,24). The van der Waals surface area contributed by atoms with Crippen LogP contribution in [-0.2, 0) is 10.0 Å². The molecular formula is C19H17N5O3S. The largest absolute Gasteiger partial charge is 0.496 e. The predicted octanol–water partition coefficient (Wildman–Crippen LogP) is 3.21. The molecule has 2 N–H and O–H groups in total. The summed E-state index contributed by atoms with van der Waals surface area (Å²) in [6.45, 7) is 1.76. The fraction of sp³-hybridized carbons (Fsp3) is 0.105. The van der Waals surface area contributed by atoms with Crippen LogP contribution in [0.5, 0.6) is 5.75 Å². The fourth-order valence-electron chi connectivity index (χ4n) is 2.48. The van der Waals surface area contributed by atoms with Crippen molar-refractivity contribution in [3.05, 3.63) is 65.7 Å². The second kappa shape index (κ2) is 7.94. The molecule has 0 unspecified atom stereocenters. The Bertz CT molecular complexity index is 1140. The van der Waals surface area contributed by atoms with Gasteiger partial charge in [-0.3, -0.25) is 4.72 Å². The lowest BCUT2D eigenvalue weighted by Crippen LogP contribution is -2.14. The number of anilines is 3. The summed E-state index contributed by atoms with van der Waals surface area (Å²) in [4.78, 5) is 0.100. The van der Waals surface area contributed by atoms with Crippen LogP contribution in [0.3, 0.4) is 0 Å². The van der Waals surface area contributed by atoms with Crippen LogP contribution in [0.1, 0.15) is 11.1 Å². The molecule has 0 atom stereocenters. The Labute approximate surface area is 162 Å². The molecule has 0 fully saturated rings. The van der Waals surface area contributed by atoms with Crippen molar-refractivity contribution in [2.24, 2.45) is 0 Å². The highest BCUT2D eigenvalue weighted by atomic mass is 32.2. The smallest absolute Gasteiger partial charge is 0.263 e. The van der Waals surface area contributed by atoms with Crippen molar-refractivity contribution >= 4 is 27.3 Å². The Kier molecular flexibility index (Phi) is 5.42. The summed E-state index contributed by atoms with van der Waals surface area (Å²) in [7, 11) is -2.28. The van der Waals surface area contributed by atoms with Crippen molar-refractivity contribution < 1.29 is 13.2 Å². The zero-order chi connectivity index (χ0) is 20.1.